The van der Waals surface area contributed by atoms with Crippen molar-refractivity contribution >= 4 is 11.9 Å². The van der Waals surface area contributed by atoms with Crippen LogP contribution in [0.25, 0.3) is 0 Å². The van der Waals surface area contributed by atoms with Gasteiger partial charge >= 0.3 is 11.9 Å². The van der Waals surface area contributed by atoms with Gasteiger partial charge in [-0.2, -0.15) is 0 Å². The molecular formula is C71H134O5. The summed E-state index contributed by atoms with van der Waals surface area (Å²) in [5.41, 5.74) is 0. The van der Waals surface area contributed by atoms with Gasteiger partial charge in [-0.25, -0.2) is 0 Å². The number of unbranched alkanes of at least 4 members (excludes halogenated alkanes) is 51. The quantitative estimate of drug-likeness (QED) is 0.0373. The van der Waals surface area contributed by atoms with E-state index in [0.29, 0.717) is 12.8 Å². The molecule has 0 aromatic rings. The topological polar surface area (TPSA) is 72.8 Å². The number of ether oxygens (including phenoxy) is 2. The monoisotopic (exact) mass is 1070 g/mol. The lowest BCUT2D eigenvalue weighted by Gasteiger charge is -2.15. The number of aliphatic hydroxyl groups excluding tert-OH is 1. The molecule has 0 fully saturated rings. The molecule has 5 nitrogen and oxygen atoms in total. The molecule has 0 aromatic carbocycles. The molecule has 0 radical (unpaired) electrons. The molecule has 0 heterocycles. The average Bonchev–Trinajstić information content (AvgIpc) is 3.42. The lowest BCUT2D eigenvalue weighted by Crippen LogP contribution is -2.28. The van der Waals surface area contributed by atoms with Gasteiger partial charge in [-0.05, 0) is 70.6 Å². The third kappa shape index (κ3) is 64.6. The molecule has 0 aromatic heterocycles. The fourth-order valence-corrected chi connectivity index (χ4v) is 10.7. The van der Waals surface area contributed by atoms with E-state index in [1.54, 1.807) is 0 Å². The summed E-state index contributed by atoms with van der Waals surface area (Å²) in [4.78, 5) is 24.6. The van der Waals surface area contributed by atoms with Crippen LogP contribution in [0.4, 0.5) is 0 Å². The minimum absolute atomic E-state index is 0.0605. The third-order valence-electron chi connectivity index (χ3n) is 15.9. The van der Waals surface area contributed by atoms with Crippen molar-refractivity contribution in [2.75, 3.05) is 13.2 Å². The van der Waals surface area contributed by atoms with E-state index < -0.39 is 6.10 Å². The second kappa shape index (κ2) is 67.4. The van der Waals surface area contributed by atoms with Crippen LogP contribution in [-0.4, -0.2) is 36.4 Å². The summed E-state index contributed by atoms with van der Waals surface area (Å²) in [6, 6.07) is 0. The van der Waals surface area contributed by atoms with Crippen molar-refractivity contribution < 1.29 is 24.2 Å². The van der Waals surface area contributed by atoms with E-state index in [-0.39, 0.29) is 25.2 Å². The van der Waals surface area contributed by atoms with E-state index in [1.807, 2.05) is 0 Å². The molecule has 0 amide bonds. The van der Waals surface area contributed by atoms with E-state index in [1.165, 1.54) is 321 Å². The Morgan fingerprint density at radius 1 is 0.303 bits per heavy atom. The summed E-state index contributed by atoms with van der Waals surface area (Å²) >= 11 is 0. The second-order valence-corrected chi connectivity index (χ2v) is 23.6. The maximum Gasteiger partial charge on any atom is 0.306 e. The summed E-state index contributed by atoms with van der Waals surface area (Å²) in [5, 5.41) is 9.69. The molecule has 0 rings (SSSR count). The van der Waals surface area contributed by atoms with Crippen LogP contribution in [0.1, 0.15) is 386 Å². The smallest absolute Gasteiger partial charge is 0.306 e. The van der Waals surface area contributed by atoms with Gasteiger partial charge in [0.25, 0.3) is 0 Å². The van der Waals surface area contributed by atoms with Gasteiger partial charge in [-0.3, -0.25) is 9.59 Å². The van der Waals surface area contributed by atoms with Gasteiger partial charge in [-0.15, -0.1) is 0 Å². The first-order valence-electron chi connectivity index (χ1n) is 34.5. The molecule has 1 unspecified atom stereocenters. The standard InChI is InChI=1S/C71H134O5/c1-3-5-7-9-11-13-15-17-19-21-23-25-27-29-30-31-32-33-34-35-36-37-38-39-40-42-43-45-47-49-51-53-55-57-59-61-63-65-70(73)75-68-69(67-72)76-71(74)66-64-62-60-58-56-54-52-50-48-46-44-41-28-26-24-22-20-18-16-14-12-10-8-6-4-2/h16,18,21-24,69,72H,3-15,17,19-20,25-68H2,1-2H3/b18-16-,23-21-,24-22-. The van der Waals surface area contributed by atoms with Gasteiger partial charge in [0, 0.05) is 12.8 Å². The van der Waals surface area contributed by atoms with Crippen LogP contribution in [0.5, 0.6) is 0 Å². The molecule has 0 spiro atoms. The number of hydrogen-bond donors (Lipinski definition) is 1. The molecule has 0 saturated carbocycles. The van der Waals surface area contributed by atoms with E-state index in [9.17, 15) is 14.7 Å². The number of aliphatic hydroxyl groups is 1. The largest absolute Gasteiger partial charge is 0.462 e. The average molecular weight is 1070 g/mol. The lowest BCUT2D eigenvalue weighted by atomic mass is 10.0. The van der Waals surface area contributed by atoms with Crippen molar-refractivity contribution in [2.45, 2.75) is 392 Å². The van der Waals surface area contributed by atoms with E-state index in [0.717, 1.165) is 38.5 Å². The van der Waals surface area contributed by atoms with Gasteiger partial charge in [0.2, 0.25) is 0 Å². The normalized spacial score (nSPS) is 12.3. The summed E-state index contributed by atoms with van der Waals surface area (Å²) in [6.07, 6.45) is 89.0. The number of carbonyl (C=O) groups excluding carboxylic acids is 2. The molecule has 5 heteroatoms. The van der Waals surface area contributed by atoms with Crippen LogP contribution in [0, 0.1) is 0 Å². The molecule has 76 heavy (non-hydrogen) atoms. The van der Waals surface area contributed by atoms with Crippen LogP contribution in [0.2, 0.25) is 0 Å². The SMILES string of the molecule is CCCCCCC/C=C\C/C=C\CCCCCCCCCCCCCCCC(=O)OC(CO)COC(=O)CCCCCCCCCCCCCCCCCCCCCCCCCCC/C=C\CCCCCCCCCC. The third-order valence-corrected chi connectivity index (χ3v) is 15.9. The van der Waals surface area contributed by atoms with Crippen LogP contribution >= 0.6 is 0 Å². The van der Waals surface area contributed by atoms with Crippen LogP contribution < -0.4 is 0 Å². The van der Waals surface area contributed by atoms with Crippen molar-refractivity contribution in [2.24, 2.45) is 0 Å². The van der Waals surface area contributed by atoms with Crippen LogP contribution in [0.15, 0.2) is 36.5 Å². The van der Waals surface area contributed by atoms with Gasteiger partial charge in [-0.1, -0.05) is 339 Å². The highest BCUT2D eigenvalue weighted by atomic mass is 16.6. The van der Waals surface area contributed by atoms with Crippen LogP contribution in [0.3, 0.4) is 0 Å². The molecule has 448 valence electrons. The molecule has 0 aliphatic heterocycles. The second-order valence-electron chi connectivity index (χ2n) is 23.6. The fourth-order valence-electron chi connectivity index (χ4n) is 10.7. The lowest BCUT2D eigenvalue weighted by molar-refractivity contribution is -0.161. The summed E-state index contributed by atoms with van der Waals surface area (Å²) < 4.78 is 10.8. The molecule has 0 aliphatic carbocycles. The number of esters is 2. The van der Waals surface area contributed by atoms with Crippen molar-refractivity contribution in [1.29, 1.82) is 0 Å². The summed E-state index contributed by atoms with van der Waals surface area (Å²) in [6.45, 7) is 4.19. The van der Waals surface area contributed by atoms with E-state index >= 15 is 0 Å². The van der Waals surface area contributed by atoms with Crippen molar-refractivity contribution in [3.05, 3.63) is 36.5 Å². The Labute approximate surface area is 476 Å². The first-order chi connectivity index (χ1) is 37.6. The first kappa shape index (κ1) is 74.1. The number of carbonyl (C=O) groups is 2. The molecule has 0 aliphatic rings. The number of hydrogen-bond acceptors (Lipinski definition) is 5. The summed E-state index contributed by atoms with van der Waals surface area (Å²) in [7, 11) is 0. The number of allylic oxidation sites excluding steroid dienone is 6. The maximum atomic E-state index is 12.3. The zero-order chi connectivity index (χ0) is 54.8. The molecular weight excluding hydrogens is 933 g/mol. The van der Waals surface area contributed by atoms with E-state index in [4.69, 9.17) is 9.47 Å². The van der Waals surface area contributed by atoms with Crippen molar-refractivity contribution in [3.63, 3.8) is 0 Å². The summed E-state index contributed by atoms with van der Waals surface area (Å²) in [5.74, 6) is -0.569. The zero-order valence-electron chi connectivity index (χ0n) is 51.5. The van der Waals surface area contributed by atoms with Gasteiger partial charge in [0.05, 0.1) is 6.61 Å². The Bertz CT molecular complexity index is 1210. The van der Waals surface area contributed by atoms with Gasteiger partial charge in [0.15, 0.2) is 6.10 Å². The van der Waals surface area contributed by atoms with Crippen molar-refractivity contribution in [1.82, 2.24) is 0 Å². The highest BCUT2D eigenvalue weighted by Gasteiger charge is 2.16. The highest BCUT2D eigenvalue weighted by molar-refractivity contribution is 5.70. The van der Waals surface area contributed by atoms with Crippen molar-refractivity contribution in [3.8, 4) is 0 Å². The van der Waals surface area contributed by atoms with Crippen LogP contribution in [-0.2, 0) is 19.1 Å². The Morgan fingerprint density at radius 2 is 0.526 bits per heavy atom. The minimum atomic E-state index is -0.771. The first-order valence-corrected chi connectivity index (χ1v) is 34.5. The van der Waals surface area contributed by atoms with Gasteiger partial charge in [0.1, 0.15) is 6.61 Å². The number of rotatable bonds is 65. The van der Waals surface area contributed by atoms with E-state index in [2.05, 4.69) is 50.3 Å². The molecule has 1 atom stereocenters. The molecule has 0 saturated heterocycles. The Kier molecular flexibility index (Phi) is 65.7. The predicted molar refractivity (Wildman–Crippen MR) is 334 cm³/mol. The molecule has 0 bridgehead atoms. The Balaban J connectivity index is 3.38. The molecule has 1 N–H and O–H groups in total. The highest BCUT2D eigenvalue weighted by Crippen LogP contribution is 2.19. The Hall–Kier alpha value is -1.88. The fraction of sp³-hybridized carbons (Fsp3) is 0.887. The minimum Gasteiger partial charge on any atom is -0.462 e. The zero-order valence-corrected chi connectivity index (χ0v) is 51.5. The van der Waals surface area contributed by atoms with Gasteiger partial charge < -0.3 is 14.6 Å². The Morgan fingerprint density at radius 3 is 0.789 bits per heavy atom. The predicted octanol–water partition coefficient (Wildman–Crippen LogP) is 23.8. The maximum absolute atomic E-state index is 12.3.